The summed E-state index contributed by atoms with van der Waals surface area (Å²) in [6.07, 6.45) is 1.68. The van der Waals surface area contributed by atoms with Crippen LogP contribution in [-0.4, -0.2) is 49.2 Å². The van der Waals surface area contributed by atoms with E-state index < -0.39 is 12.1 Å². The number of nitrogens with one attached hydrogen (secondary N) is 2. The van der Waals surface area contributed by atoms with Crippen LogP contribution in [0.1, 0.15) is 25.7 Å². The highest BCUT2D eigenvalue weighted by atomic mass is 16.5. The molecule has 0 spiro atoms. The topological polar surface area (TPSA) is 105 Å². The van der Waals surface area contributed by atoms with Crippen molar-refractivity contribution >= 4 is 17.8 Å². The Labute approximate surface area is 111 Å². The van der Waals surface area contributed by atoms with Crippen LogP contribution >= 0.6 is 0 Å². The number of carbonyl (C=O) groups is 3. The fourth-order valence-electron chi connectivity index (χ4n) is 1.52. The van der Waals surface area contributed by atoms with E-state index >= 15 is 0 Å². The van der Waals surface area contributed by atoms with Gasteiger partial charge in [-0.05, 0) is 19.3 Å². The molecule has 1 aliphatic carbocycles. The molecule has 7 nitrogen and oxygen atoms in total. The quantitative estimate of drug-likeness (QED) is 0.491. The van der Waals surface area contributed by atoms with E-state index in [1.165, 1.54) is 7.11 Å². The molecular weight excluding hydrogens is 252 g/mol. The molecule has 1 saturated carbocycles. The first kappa shape index (κ1) is 15.4. The molecule has 1 atom stereocenters. The lowest BCUT2D eigenvalue weighted by atomic mass is 10.2. The lowest BCUT2D eigenvalue weighted by Gasteiger charge is -2.11. The van der Waals surface area contributed by atoms with Crippen LogP contribution in [0.3, 0.4) is 0 Å². The second kappa shape index (κ2) is 7.73. The maximum atomic E-state index is 11.4. The van der Waals surface area contributed by atoms with Gasteiger partial charge in [0.1, 0.15) is 0 Å². The fraction of sp³-hybridized carbons (Fsp3) is 0.750. The van der Waals surface area contributed by atoms with Crippen LogP contribution in [0, 0.1) is 5.92 Å². The van der Waals surface area contributed by atoms with Gasteiger partial charge in [0, 0.05) is 26.0 Å². The maximum Gasteiger partial charge on any atom is 0.334 e. The number of carbonyl (C=O) groups excluding carboxylic acids is 2. The lowest BCUT2D eigenvalue weighted by molar-refractivity contribution is -0.148. The molecule has 0 aromatic carbocycles. The van der Waals surface area contributed by atoms with Crippen LogP contribution < -0.4 is 10.6 Å². The minimum Gasteiger partial charge on any atom is -0.479 e. The number of rotatable bonds is 9. The molecule has 1 aliphatic rings. The maximum absolute atomic E-state index is 11.4. The Balaban J connectivity index is 2.03. The molecule has 0 heterocycles. The number of aliphatic carboxylic acids is 1. The van der Waals surface area contributed by atoms with Gasteiger partial charge in [0.15, 0.2) is 6.10 Å². The van der Waals surface area contributed by atoms with Gasteiger partial charge >= 0.3 is 5.97 Å². The summed E-state index contributed by atoms with van der Waals surface area (Å²) in [5.41, 5.74) is 0. The molecule has 19 heavy (non-hydrogen) atoms. The number of carboxylic acid groups (broad SMARTS) is 1. The highest BCUT2D eigenvalue weighted by Gasteiger charge is 2.29. The molecule has 1 unspecified atom stereocenters. The van der Waals surface area contributed by atoms with Crippen molar-refractivity contribution in [3.8, 4) is 0 Å². The Kier molecular flexibility index (Phi) is 6.27. The molecule has 0 aromatic rings. The van der Waals surface area contributed by atoms with Gasteiger partial charge < -0.3 is 20.5 Å². The van der Waals surface area contributed by atoms with E-state index in [0.717, 1.165) is 12.8 Å². The van der Waals surface area contributed by atoms with E-state index in [2.05, 4.69) is 15.4 Å². The predicted octanol–water partition coefficient (Wildman–Crippen LogP) is -0.491. The lowest BCUT2D eigenvalue weighted by Crippen LogP contribution is -2.38. The van der Waals surface area contributed by atoms with E-state index in [1.54, 1.807) is 0 Å². The summed E-state index contributed by atoms with van der Waals surface area (Å²) in [5.74, 6) is -1.12. The van der Waals surface area contributed by atoms with E-state index in [9.17, 15) is 14.4 Å². The molecule has 2 amide bonds. The number of hydrogen-bond acceptors (Lipinski definition) is 4. The van der Waals surface area contributed by atoms with E-state index in [0.29, 0.717) is 13.0 Å². The first-order valence-corrected chi connectivity index (χ1v) is 6.34. The Morgan fingerprint density at radius 3 is 2.53 bits per heavy atom. The van der Waals surface area contributed by atoms with Crippen molar-refractivity contribution in [1.29, 1.82) is 0 Å². The van der Waals surface area contributed by atoms with Gasteiger partial charge in [-0.15, -0.1) is 0 Å². The van der Waals surface area contributed by atoms with Crippen LogP contribution in [0.2, 0.25) is 0 Å². The van der Waals surface area contributed by atoms with Crippen molar-refractivity contribution < 1.29 is 24.2 Å². The minimum absolute atomic E-state index is 0.0564. The molecule has 3 N–H and O–H groups in total. The van der Waals surface area contributed by atoms with E-state index in [4.69, 9.17) is 5.11 Å². The predicted molar refractivity (Wildman–Crippen MR) is 66.4 cm³/mol. The summed E-state index contributed by atoms with van der Waals surface area (Å²) in [6.45, 7) is 0.411. The summed E-state index contributed by atoms with van der Waals surface area (Å²) in [4.78, 5) is 33.3. The van der Waals surface area contributed by atoms with Crippen molar-refractivity contribution in [2.24, 2.45) is 5.92 Å². The Morgan fingerprint density at radius 2 is 2.00 bits per heavy atom. The summed E-state index contributed by atoms with van der Waals surface area (Å²) < 4.78 is 4.68. The zero-order valence-electron chi connectivity index (χ0n) is 11.0. The van der Waals surface area contributed by atoms with E-state index in [1.807, 2.05) is 0 Å². The monoisotopic (exact) mass is 272 g/mol. The van der Waals surface area contributed by atoms with Crippen molar-refractivity contribution in [2.75, 3.05) is 20.2 Å². The molecular formula is C12H20N2O5. The molecule has 0 saturated heterocycles. The summed E-state index contributed by atoms with van der Waals surface area (Å²) in [6, 6.07) is 0. The average Bonchev–Trinajstić information content (AvgIpc) is 3.18. The Bertz CT molecular complexity index is 341. The first-order chi connectivity index (χ1) is 9.04. The van der Waals surface area contributed by atoms with Crippen LogP contribution in [0.4, 0.5) is 0 Å². The van der Waals surface area contributed by atoms with Gasteiger partial charge in [-0.25, -0.2) is 4.79 Å². The molecule has 108 valence electrons. The van der Waals surface area contributed by atoms with Crippen molar-refractivity contribution in [2.45, 2.75) is 31.8 Å². The zero-order chi connectivity index (χ0) is 14.3. The normalized spacial score (nSPS) is 15.6. The third-order valence-electron chi connectivity index (χ3n) is 2.87. The van der Waals surface area contributed by atoms with Gasteiger partial charge in [0.05, 0.1) is 6.54 Å². The molecule has 1 fully saturated rings. The van der Waals surface area contributed by atoms with Crippen LogP contribution in [0.25, 0.3) is 0 Å². The van der Waals surface area contributed by atoms with Crippen LogP contribution in [-0.2, 0) is 19.1 Å². The van der Waals surface area contributed by atoms with E-state index in [-0.39, 0.29) is 30.7 Å². The smallest absolute Gasteiger partial charge is 0.334 e. The fourth-order valence-corrected chi connectivity index (χ4v) is 1.52. The number of amides is 2. The van der Waals surface area contributed by atoms with Gasteiger partial charge in [0.25, 0.3) is 0 Å². The van der Waals surface area contributed by atoms with Crippen LogP contribution in [0.15, 0.2) is 0 Å². The molecule has 7 heteroatoms. The highest BCUT2D eigenvalue weighted by Crippen LogP contribution is 2.28. The molecule has 0 bridgehead atoms. The minimum atomic E-state index is -1.11. The summed E-state index contributed by atoms with van der Waals surface area (Å²) in [5, 5.41) is 13.9. The number of hydrogen-bond donors (Lipinski definition) is 3. The number of ether oxygens (including phenoxy) is 1. The van der Waals surface area contributed by atoms with Gasteiger partial charge in [-0.1, -0.05) is 0 Å². The third-order valence-corrected chi connectivity index (χ3v) is 2.87. The van der Waals surface area contributed by atoms with Crippen molar-refractivity contribution in [1.82, 2.24) is 10.6 Å². The SMILES string of the molecule is COC(CNC(=O)CCCNC(=O)C1CC1)C(=O)O. The summed E-state index contributed by atoms with van der Waals surface area (Å²) in [7, 11) is 1.28. The average molecular weight is 272 g/mol. The van der Waals surface area contributed by atoms with Gasteiger partial charge in [-0.3, -0.25) is 9.59 Å². The van der Waals surface area contributed by atoms with Crippen LogP contribution in [0.5, 0.6) is 0 Å². The third kappa shape index (κ3) is 6.19. The molecule has 0 aliphatic heterocycles. The summed E-state index contributed by atoms with van der Waals surface area (Å²) >= 11 is 0. The number of methoxy groups -OCH3 is 1. The second-order valence-corrected chi connectivity index (χ2v) is 4.54. The Hall–Kier alpha value is -1.63. The van der Waals surface area contributed by atoms with Gasteiger partial charge in [-0.2, -0.15) is 0 Å². The zero-order valence-corrected chi connectivity index (χ0v) is 11.0. The standard InChI is InChI=1S/C12H20N2O5/c1-19-9(12(17)18)7-14-10(15)3-2-6-13-11(16)8-4-5-8/h8-9H,2-7H2,1H3,(H,13,16)(H,14,15)(H,17,18). The molecule has 0 aromatic heterocycles. The second-order valence-electron chi connectivity index (χ2n) is 4.54. The molecule has 1 rings (SSSR count). The number of carboxylic acids is 1. The first-order valence-electron chi connectivity index (χ1n) is 6.34. The van der Waals surface area contributed by atoms with Crippen molar-refractivity contribution in [3.63, 3.8) is 0 Å². The van der Waals surface area contributed by atoms with Crippen molar-refractivity contribution in [3.05, 3.63) is 0 Å². The Morgan fingerprint density at radius 1 is 1.32 bits per heavy atom. The largest absolute Gasteiger partial charge is 0.479 e. The van der Waals surface area contributed by atoms with Gasteiger partial charge in [0.2, 0.25) is 11.8 Å². The highest BCUT2D eigenvalue weighted by molar-refractivity contribution is 5.81. The molecule has 0 radical (unpaired) electrons.